The third-order valence-electron chi connectivity index (χ3n) is 3.37. The maximum atomic E-state index is 5.53. The molecule has 1 rings (SSSR count). The van der Waals surface area contributed by atoms with Gasteiger partial charge in [0.1, 0.15) is 0 Å². The molecule has 0 amide bonds. The zero-order chi connectivity index (χ0) is 9.52. The van der Waals surface area contributed by atoms with Crippen LogP contribution in [0.2, 0.25) is 0 Å². The Kier molecular flexibility index (Phi) is 5.40. The van der Waals surface area contributed by atoms with E-state index in [1.54, 1.807) is 0 Å². The zero-order valence-electron chi connectivity index (χ0n) is 8.67. The van der Waals surface area contributed by atoms with Crippen LogP contribution < -0.4 is 11.5 Å². The molecular weight excluding hydrogens is 160 g/mol. The third-order valence-corrected chi connectivity index (χ3v) is 3.37. The summed E-state index contributed by atoms with van der Waals surface area (Å²) >= 11 is 0. The van der Waals surface area contributed by atoms with Gasteiger partial charge in [-0.3, -0.25) is 0 Å². The molecule has 1 saturated carbocycles. The molecule has 0 spiro atoms. The van der Waals surface area contributed by atoms with Crippen molar-refractivity contribution in [1.82, 2.24) is 0 Å². The van der Waals surface area contributed by atoms with E-state index in [9.17, 15) is 0 Å². The minimum Gasteiger partial charge on any atom is -0.330 e. The molecule has 2 heteroatoms. The minimum absolute atomic E-state index is 0.861. The summed E-state index contributed by atoms with van der Waals surface area (Å²) in [6.07, 6.45) is 9.44. The van der Waals surface area contributed by atoms with Crippen LogP contribution >= 0.6 is 0 Å². The Hall–Kier alpha value is -0.0800. The number of hydrogen-bond acceptors (Lipinski definition) is 2. The second-order valence-corrected chi connectivity index (χ2v) is 4.31. The molecule has 0 aliphatic heterocycles. The molecule has 13 heavy (non-hydrogen) atoms. The van der Waals surface area contributed by atoms with Crippen LogP contribution in [0.1, 0.15) is 44.9 Å². The largest absolute Gasteiger partial charge is 0.330 e. The zero-order valence-corrected chi connectivity index (χ0v) is 8.67. The average molecular weight is 184 g/mol. The van der Waals surface area contributed by atoms with Crippen LogP contribution in [-0.2, 0) is 0 Å². The smallest absolute Gasteiger partial charge is 0.00772 e. The predicted molar refractivity (Wildman–Crippen MR) is 57.4 cm³/mol. The lowest BCUT2D eigenvalue weighted by atomic mass is 9.88. The van der Waals surface area contributed by atoms with Crippen molar-refractivity contribution in [2.45, 2.75) is 44.9 Å². The Balaban J connectivity index is 2.18. The van der Waals surface area contributed by atoms with Crippen molar-refractivity contribution in [3.8, 4) is 0 Å². The first kappa shape index (κ1) is 11.0. The summed E-state index contributed by atoms with van der Waals surface area (Å²) in [5.41, 5.74) is 11.1. The van der Waals surface area contributed by atoms with Gasteiger partial charge in [-0.1, -0.05) is 19.3 Å². The molecule has 0 saturated heterocycles. The fraction of sp³-hybridized carbons (Fsp3) is 1.00. The highest BCUT2D eigenvalue weighted by molar-refractivity contribution is 4.77. The highest BCUT2D eigenvalue weighted by Crippen LogP contribution is 2.37. The molecule has 0 aromatic heterocycles. The molecule has 0 bridgehead atoms. The lowest BCUT2D eigenvalue weighted by Gasteiger charge is -2.18. The van der Waals surface area contributed by atoms with E-state index in [1.807, 2.05) is 0 Å². The quantitative estimate of drug-likeness (QED) is 0.662. The Morgan fingerprint density at radius 3 is 1.69 bits per heavy atom. The SMILES string of the molecule is NCCCC1CCCC1CCCN. The first-order chi connectivity index (χ1) is 6.38. The van der Waals surface area contributed by atoms with E-state index < -0.39 is 0 Å². The Morgan fingerprint density at radius 2 is 1.31 bits per heavy atom. The van der Waals surface area contributed by atoms with Crippen LogP contribution in [0.15, 0.2) is 0 Å². The molecule has 2 nitrogen and oxygen atoms in total. The maximum absolute atomic E-state index is 5.53. The fourth-order valence-electron chi connectivity index (χ4n) is 2.63. The Labute approximate surface area is 82.1 Å². The number of hydrogen-bond donors (Lipinski definition) is 2. The Morgan fingerprint density at radius 1 is 0.846 bits per heavy atom. The topological polar surface area (TPSA) is 52.0 Å². The summed E-state index contributed by atoms with van der Waals surface area (Å²) in [7, 11) is 0. The highest BCUT2D eigenvalue weighted by Gasteiger charge is 2.25. The van der Waals surface area contributed by atoms with Crippen LogP contribution in [-0.4, -0.2) is 13.1 Å². The van der Waals surface area contributed by atoms with E-state index in [1.165, 1.54) is 44.9 Å². The van der Waals surface area contributed by atoms with Crippen molar-refractivity contribution in [3.05, 3.63) is 0 Å². The summed E-state index contributed by atoms with van der Waals surface area (Å²) in [5.74, 6) is 1.94. The van der Waals surface area contributed by atoms with Crippen molar-refractivity contribution in [3.63, 3.8) is 0 Å². The van der Waals surface area contributed by atoms with E-state index in [2.05, 4.69) is 0 Å². The lowest BCUT2D eigenvalue weighted by molar-refractivity contribution is 0.334. The van der Waals surface area contributed by atoms with Gasteiger partial charge in [-0.2, -0.15) is 0 Å². The van der Waals surface area contributed by atoms with Gasteiger partial charge in [-0.05, 0) is 50.6 Å². The van der Waals surface area contributed by atoms with Gasteiger partial charge in [-0.25, -0.2) is 0 Å². The maximum Gasteiger partial charge on any atom is -0.00772 e. The molecular formula is C11H24N2. The first-order valence-corrected chi connectivity index (χ1v) is 5.78. The molecule has 1 aliphatic rings. The molecule has 1 aliphatic carbocycles. The second-order valence-electron chi connectivity index (χ2n) is 4.31. The molecule has 4 N–H and O–H groups in total. The Bertz CT molecular complexity index is 111. The van der Waals surface area contributed by atoms with Crippen LogP contribution in [0.4, 0.5) is 0 Å². The number of rotatable bonds is 6. The van der Waals surface area contributed by atoms with E-state index >= 15 is 0 Å². The monoisotopic (exact) mass is 184 g/mol. The van der Waals surface area contributed by atoms with Crippen molar-refractivity contribution in [2.24, 2.45) is 23.3 Å². The minimum atomic E-state index is 0.861. The summed E-state index contributed by atoms with van der Waals surface area (Å²) < 4.78 is 0. The molecule has 0 aromatic carbocycles. The van der Waals surface area contributed by atoms with Crippen molar-refractivity contribution in [1.29, 1.82) is 0 Å². The molecule has 2 unspecified atom stereocenters. The fourth-order valence-corrected chi connectivity index (χ4v) is 2.63. The molecule has 2 atom stereocenters. The van der Waals surface area contributed by atoms with Crippen LogP contribution in [0.5, 0.6) is 0 Å². The standard InChI is InChI=1S/C11H24N2/c12-8-2-6-10-4-1-5-11(10)7-3-9-13/h10-11H,1-9,12-13H2. The van der Waals surface area contributed by atoms with Crippen LogP contribution in [0.25, 0.3) is 0 Å². The highest BCUT2D eigenvalue weighted by atomic mass is 14.5. The van der Waals surface area contributed by atoms with Gasteiger partial charge in [0.15, 0.2) is 0 Å². The molecule has 0 aromatic rings. The average Bonchev–Trinajstić information content (AvgIpc) is 2.59. The van der Waals surface area contributed by atoms with E-state index in [-0.39, 0.29) is 0 Å². The number of nitrogens with two attached hydrogens (primary N) is 2. The summed E-state index contributed by atoms with van der Waals surface area (Å²) in [6, 6.07) is 0. The van der Waals surface area contributed by atoms with Crippen molar-refractivity contribution < 1.29 is 0 Å². The van der Waals surface area contributed by atoms with E-state index in [0.29, 0.717) is 0 Å². The van der Waals surface area contributed by atoms with Gasteiger partial charge in [-0.15, -0.1) is 0 Å². The van der Waals surface area contributed by atoms with Gasteiger partial charge in [0.25, 0.3) is 0 Å². The van der Waals surface area contributed by atoms with Gasteiger partial charge >= 0.3 is 0 Å². The van der Waals surface area contributed by atoms with Gasteiger partial charge in [0.2, 0.25) is 0 Å². The van der Waals surface area contributed by atoms with Crippen molar-refractivity contribution in [2.75, 3.05) is 13.1 Å². The van der Waals surface area contributed by atoms with Crippen LogP contribution in [0, 0.1) is 11.8 Å². The molecule has 0 radical (unpaired) electrons. The molecule has 78 valence electrons. The third kappa shape index (κ3) is 3.65. The van der Waals surface area contributed by atoms with E-state index in [4.69, 9.17) is 11.5 Å². The summed E-state index contributed by atoms with van der Waals surface area (Å²) in [4.78, 5) is 0. The predicted octanol–water partition coefficient (Wildman–Crippen LogP) is 1.88. The summed E-state index contributed by atoms with van der Waals surface area (Å²) in [6.45, 7) is 1.72. The normalized spacial score (nSPS) is 28.2. The van der Waals surface area contributed by atoms with Crippen LogP contribution in [0.3, 0.4) is 0 Å². The molecule has 0 heterocycles. The first-order valence-electron chi connectivity index (χ1n) is 5.78. The summed E-state index contributed by atoms with van der Waals surface area (Å²) in [5, 5.41) is 0. The van der Waals surface area contributed by atoms with Crippen molar-refractivity contribution >= 4 is 0 Å². The molecule has 1 fully saturated rings. The van der Waals surface area contributed by atoms with E-state index in [0.717, 1.165) is 24.9 Å². The lowest BCUT2D eigenvalue weighted by Crippen LogP contribution is -2.12. The second kappa shape index (κ2) is 6.39. The van der Waals surface area contributed by atoms with Gasteiger partial charge in [0, 0.05) is 0 Å². The van der Waals surface area contributed by atoms with Gasteiger partial charge in [0.05, 0.1) is 0 Å². The van der Waals surface area contributed by atoms with Gasteiger partial charge < -0.3 is 11.5 Å².